The van der Waals surface area contributed by atoms with Crippen LogP contribution in [0, 0.1) is 0 Å². The Morgan fingerprint density at radius 2 is 1.80 bits per heavy atom. The van der Waals surface area contributed by atoms with Crippen molar-refractivity contribution in [2.45, 2.75) is 25.3 Å². The maximum absolute atomic E-state index is 11.2. The number of nitrogens with one attached hydrogen (secondary N) is 2. The van der Waals surface area contributed by atoms with E-state index in [1.165, 1.54) is 0 Å². The smallest absolute Gasteiger partial charge is 0.240 e. The molecule has 5 nitrogen and oxygen atoms in total. The molecule has 1 atom stereocenters. The number of carbonyl (C=O) groups is 2. The first-order valence-electron chi connectivity index (χ1n) is 5.53. The van der Waals surface area contributed by atoms with Crippen molar-refractivity contribution in [3.63, 3.8) is 0 Å². The van der Waals surface area contributed by atoms with Gasteiger partial charge in [0.15, 0.2) is 0 Å². The van der Waals surface area contributed by atoms with Gasteiger partial charge in [-0.05, 0) is 32.4 Å². The summed E-state index contributed by atoms with van der Waals surface area (Å²) in [4.78, 5) is 24.5. The fourth-order valence-corrected chi connectivity index (χ4v) is 2.28. The van der Waals surface area contributed by atoms with E-state index in [0.717, 1.165) is 32.4 Å². The van der Waals surface area contributed by atoms with Crippen LogP contribution >= 0.6 is 0 Å². The highest BCUT2D eigenvalue weighted by molar-refractivity contribution is 5.99. The molecule has 2 fully saturated rings. The molecule has 2 saturated heterocycles. The topological polar surface area (TPSA) is 61.4 Å². The molecule has 0 aromatic carbocycles. The Kier molecular flexibility index (Phi) is 3.33. The van der Waals surface area contributed by atoms with E-state index in [9.17, 15) is 9.59 Å². The van der Waals surface area contributed by atoms with Gasteiger partial charge in [0.25, 0.3) is 0 Å². The molecule has 0 spiro atoms. The Balaban J connectivity index is 1.95. The lowest BCUT2D eigenvalue weighted by Crippen LogP contribution is -2.54. The maximum Gasteiger partial charge on any atom is 0.240 e. The van der Waals surface area contributed by atoms with Crippen LogP contribution in [-0.2, 0) is 9.59 Å². The zero-order valence-electron chi connectivity index (χ0n) is 8.79. The molecule has 0 radical (unpaired) electrons. The summed E-state index contributed by atoms with van der Waals surface area (Å²) in [6.45, 7) is 2.77. The van der Waals surface area contributed by atoms with Crippen molar-refractivity contribution in [1.82, 2.24) is 15.5 Å². The van der Waals surface area contributed by atoms with E-state index < -0.39 is 0 Å². The van der Waals surface area contributed by atoms with E-state index in [1.807, 2.05) is 4.90 Å². The molecule has 2 N–H and O–H groups in total. The third kappa shape index (κ3) is 2.76. The van der Waals surface area contributed by atoms with Gasteiger partial charge in [0.2, 0.25) is 11.8 Å². The van der Waals surface area contributed by atoms with Crippen LogP contribution in [0.5, 0.6) is 0 Å². The number of hydrogen-bond donors (Lipinski definition) is 2. The molecule has 2 aliphatic heterocycles. The first-order valence-corrected chi connectivity index (χ1v) is 5.53. The van der Waals surface area contributed by atoms with E-state index in [2.05, 4.69) is 10.6 Å². The molecule has 2 aliphatic rings. The minimum absolute atomic E-state index is 0.163. The summed E-state index contributed by atoms with van der Waals surface area (Å²) in [6.07, 6.45) is 3.23. The first-order chi connectivity index (χ1) is 7.25. The van der Waals surface area contributed by atoms with E-state index in [0.29, 0.717) is 19.1 Å². The van der Waals surface area contributed by atoms with Crippen LogP contribution in [0.1, 0.15) is 19.3 Å². The normalized spacial score (nSPS) is 29.7. The maximum atomic E-state index is 11.2. The van der Waals surface area contributed by atoms with Gasteiger partial charge in [-0.2, -0.15) is 0 Å². The van der Waals surface area contributed by atoms with Crippen LogP contribution in [0.15, 0.2) is 0 Å². The van der Waals surface area contributed by atoms with E-state index >= 15 is 0 Å². The molecule has 2 amide bonds. The Bertz CT molecular complexity index is 243. The molecule has 2 rings (SSSR count). The molecule has 84 valence electrons. The van der Waals surface area contributed by atoms with Crippen molar-refractivity contribution in [3.8, 4) is 0 Å². The fourth-order valence-electron chi connectivity index (χ4n) is 2.28. The summed E-state index contributed by atoms with van der Waals surface area (Å²) in [7, 11) is 0. The van der Waals surface area contributed by atoms with Gasteiger partial charge >= 0.3 is 0 Å². The summed E-state index contributed by atoms with van der Waals surface area (Å²) in [5.74, 6) is -0.327. The van der Waals surface area contributed by atoms with Crippen molar-refractivity contribution in [2.75, 3.05) is 26.2 Å². The molecule has 0 aromatic rings. The number of amides is 2. The highest BCUT2D eigenvalue weighted by Gasteiger charge is 2.28. The molecule has 0 aromatic heterocycles. The lowest BCUT2D eigenvalue weighted by Gasteiger charge is -2.32. The predicted molar refractivity (Wildman–Crippen MR) is 55.2 cm³/mol. The molecule has 5 heteroatoms. The van der Waals surface area contributed by atoms with Crippen molar-refractivity contribution < 1.29 is 9.59 Å². The van der Waals surface area contributed by atoms with E-state index in [4.69, 9.17) is 0 Å². The second kappa shape index (κ2) is 4.72. The lowest BCUT2D eigenvalue weighted by molar-refractivity contribution is -0.137. The number of imide groups is 1. The van der Waals surface area contributed by atoms with E-state index in [-0.39, 0.29) is 11.8 Å². The van der Waals surface area contributed by atoms with E-state index in [1.54, 1.807) is 0 Å². The summed E-state index contributed by atoms with van der Waals surface area (Å²) in [6, 6.07) is 0.384. The molecular weight excluding hydrogens is 194 g/mol. The highest BCUT2D eigenvalue weighted by Crippen LogP contribution is 2.14. The number of piperazine rings is 1. The Morgan fingerprint density at radius 1 is 1.07 bits per heavy atom. The minimum Gasteiger partial charge on any atom is -0.317 e. The SMILES string of the molecule is O=C1CN(C2CCCNCC2)CC(=O)N1. The summed E-state index contributed by atoms with van der Waals surface area (Å²) in [5, 5.41) is 5.66. The monoisotopic (exact) mass is 211 g/mol. The average molecular weight is 211 g/mol. The molecule has 0 bridgehead atoms. The second-order valence-corrected chi connectivity index (χ2v) is 4.21. The molecule has 0 aliphatic carbocycles. The Hall–Kier alpha value is -0.940. The third-order valence-electron chi connectivity index (χ3n) is 3.03. The number of carbonyl (C=O) groups excluding carboxylic acids is 2. The van der Waals surface area contributed by atoms with Crippen molar-refractivity contribution in [2.24, 2.45) is 0 Å². The van der Waals surface area contributed by atoms with Gasteiger partial charge in [-0.25, -0.2) is 0 Å². The Morgan fingerprint density at radius 3 is 2.53 bits per heavy atom. The van der Waals surface area contributed by atoms with Gasteiger partial charge in [0.1, 0.15) is 0 Å². The quantitative estimate of drug-likeness (QED) is 0.551. The summed E-state index contributed by atoms with van der Waals surface area (Å²) >= 11 is 0. The van der Waals surface area contributed by atoms with Crippen LogP contribution in [0.3, 0.4) is 0 Å². The van der Waals surface area contributed by atoms with Gasteiger partial charge in [-0.1, -0.05) is 0 Å². The minimum atomic E-state index is -0.163. The molecule has 0 saturated carbocycles. The van der Waals surface area contributed by atoms with Gasteiger partial charge in [-0.3, -0.25) is 19.8 Å². The van der Waals surface area contributed by atoms with Crippen LogP contribution in [0.25, 0.3) is 0 Å². The van der Waals surface area contributed by atoms with Crippen molar-refractivity contribution in [1.29, 1.82) is 0 Å². The van der Waals surface area contributed by atoms with Crippen molar-refractivity contribution in [3.05, 3.63) is 0 Å². The summed E-state index contributed by atoms with van der Waals surface area (Å²) in [5.41, 5.74) is 0. The van der Waals surface area contributed by atoms with Gasteiger partial charge in [0, 0.05) is 6.04 Å². The van der Waals surface area contributed by atoms with Gasteiger partial charge in [-0.15, -0.1) is 0 Å². The molecule has 1 unspecified atom stereocenters. The van der Waals surface area contributed by atoms with Crippen molar-refractivity contribution >= 4 is 11.8 Å². The standard InChI is InChI=1S/C10H17N3O2/c14-9-6-13(7-10(15)12-9)8-2-1-4-11-5-3-8/h8,11H,1-7H2,(H,12,14,15). The predicted octanol–water partition coefficient (Wildman–Crippen LogP) is -0.913. The lowest BCUT2D eigenvalue weighted by atomic mass is 10.1. The van der Waals surface area contributed by atoms with Crippen LogP contribution < -0.4 is 10.6 Å². The van der Waals surface area contributed by atoms with Gasteiger partial charge in [0.05, 0.1) is 13.1 Å². The zero-order chi connectivity index (χ0) is 10.7. The highest BCUT2D eigenvalue weighted by atomic mass is 16.2. The molecule has 2 heterocycles. The summed E-state index contributed by atoms with van der Waals surface area (Å²) < 4.78 is 0. The second-order valence-electron chi connectivity index (χ2n) is 4.21. The zero-order valence-corrected chi connectivity index (χ0v) is 8.79. The third-order valence-corrected chi connectivity index (χ3v) is 3.03. The number of rotatable bonds is 1. The van der Waals surface area contributed by atoms with Gasteiger partial charge < -0.3 is 5.32 Å². The Labute approximate surface area is 89.2 Å². The van der Waals surface area contributed by atoms with Crippen LogP contribution in [0.4, 0.5) is 0 Å². The molecule has 15 heavy (non-hydrogen) atoms. The first kappa shape index (κ1) is 10.6. The van der Waals surface area contributed by atoms with Crippen LogP contribution in [0.2, 0.25) is 0 Å². The molecular formula is C10H17N3O2. The largest absolute Gasteiger partial charge is 0.317 e. The average Bonchev–Trinajstić information content (AvgIpc) is 2.43. The van der Waals surface area contributed by atoms with Crippen LogP contribution in [-0.4, -0.2) is 48.9 Å². The fraction of sp³-hybridized carbons (Fsp3) is 0.800. The number of nitrogens with zero attached hydrogens (tertiary/aromatic N) is 1. The number of hydrogen-bond acceptors (Lipinski definition) is 4.